The van der Waals surface area contributed by atoms with Crippen LogP contribution >= 0.6 is 27.5 Å². The van der Waals surface area contributed by atoms with Gasteiger partial charge in [0.1, 0.15) is 0 Å². The maximum absolute atomic E-state index is 13.7. The highest BCUT2D eigenvalue weighted by Gasteiger charge is 2.09. The van der Waals surface area contributed by atoms with Crippen LogP contribution in [0, 0.1) is 19.7 Å². The van der Waals surface area contributed by atoms with Gasteiger partial charge in [0, 0.05) is 10.7 Å². The molecule has 94 valence electrons. The van der Waals surface area contributed by atoms with Crippen molar-refractivity contribution in [1.29, 1.82) is 0 Å². The zero-order valence-electron chi connectivity index (χ0n) is 9.89. The van der Waals surface area contributed by atoms with E-state index >= 15 is 0 Å². The molecule has 0 saturated heterocycles. The van der Waals surface area contributed by atoms with E-state index in [9.17, 15) is 4.39 Å². The average Bonchev–Trinajstić information content (AvgIpc) is 2.25. The highest BCUT2D eigenvalue weighted by atomic mass is 79.9. The maximum Gasteiger partial charge on any atom is 0.167 e. The average molecular weight is 330 g/mol. The summed E-state index contributed by atoms with van der Waals surface area (Å²) in [6, 6.07) is 5.21. The minimum Gasteiger partial charge on any atom is -0.337 e. The lowest BCUT2D eigenvalue weighted by Crippen LogP contribution is -2.00. The number of rotatable bonds is 2. The molecule has 0 spiro atoms. The van der Waals surface area contributed by atoms with Gasteiger partial charge in [-0.3, -0.25) is 0 Å². The van der Waals surface area contributed by atoms with Crippen LogP contribution in [-0.4, -0.2) is 4.98 Å². The Balaban J connectivity index is 2.40. The second-order valence-electron chi connectivity index (χ2n) is 4.05. The topological polar surface area (TPSA) is 24.9 Å². The molecular weight excluding hydrogens is 319 g/mol. The number of hydrogen-bond acceptors (Lipinski definition) is 2. The van der Waals surface area contributed by atoms with Gasteiger partial charge in [0.15, 0.2) is 11.6 Å². The highest BCUT2D eigenvalue weighted by Crippen LogP contribution is 2.31. The number of halogens is 3. The summed E-state index contributed by atoms with van der Waals surface area (Å²) in [4.78, 5) is 3.94. The fourth-order valence-electron chi connectivity index (χ4n) is 1.70. The van der Waals surface area contributed by atoms with E-state index in [0.717, 1.165) is 21.3 Å². The van der Waals surface area contributed by atoms with E-state index in [-0.39, 0.29) is 10.8 Å². The second kappa shape index (κ2) is 5.24. The van der Waals surface area contributed by atoms with Crippen LogP contribution in [0.3, 0.4) is 0 Å². The summed E-state index contributed by atoms with van der Waals surface area (Å²) in [6.45, 7) is 3.95. The molecule has 1 aromatic carbocycles. The Morgan fingerprint density at radius 3 is 2.61 bits per heavy atom. The Bertz CT molecular complexity index is 579. The van der Waals surface area contributed by atoms with Gasteiger partial charge in [0.05, 0.1) is 10.7 Å². The number of benzene rings is 1. The second-order valence-corrected chi connectivity index (χ2v) is 5.34. The van der Waals surface area contributed by atoms with Gasteiger partial charge in [-0.05, 0) is 53.0 Å². The maximum atomic E-state index is 13.7. The number of aromatic nitrogens is 1. The van der Waals surface area contributed by atoms with E-state index in [1.165, 1.54) is 12.3 Å². The van der Waals surface area contributed by atoms with Crippen LogP contribution in [0.15, 0.2) is 28.9 Å². The zero-order valence-corrected chi connectivity index (χ0v) is 12.2. The zero-order chi connectivity index (χ0) is 13.3. The van der Waals surface area contributed by atoms with Crippen molar-refractivity contribution in [2.45, 2.75) is 13.8 Å². The van der Waals surface area contributed by atoms with Crippen molar-refractivity contribution < 1.29 is 4.39 Å². The molecule has 1 aromatic heterocycles. The lowest BCUT2D eigenvalue weighted by molar-refractivity contribution is 0.626. The first-order valence-electron chi connectivity index (χ1n) is 5.32. The van der Waals surface area contributed by atoms with Crippen LogP contribution in [-0.2, 0) is 0 Å². The van der Waals surface area contributed by atoms with Gasteiger partial charge < -0.3 is 5.32 Å². The molecule has 0 radical (unpaired) electrons. The third-order valence-corrected chi connectivity index (χ3v) is 3.32. The summed E-state index contributed by atoms with van der Waals surface area (Å²) in [7, 11) is 0. The monoisotopic (exact) mass is 328 g/mol. The number of nitrogens with one attached hydrogen (secondary N) is 1. The molecule has 1 heterocycles. The molecule has 0 atom stereocenters. The molecule has 0 fully saturated rings. The summed E-state index contributed by atoms with van der Waals surface area (Å²) >= 11 is 9.12. The Morgan fingerprint density at radius 1 is 1.28 bits per heavy atom. The fourth-order valence-corrected chi connectivity index (χ4v) is 2.62. The van der Waals surface area contributed by atoms with E-state index in [1.807, 2.05) is 26.0 Å². The SMILES string of the molecule is Cc1cc(C)c(Nc2ncc(Cl)cc2F)c(Br)c1. The van der Waals surface area contributed by atoms with Gasteiger partial charge in [-0.2, -0.15) is 0 Å². The summed E-state index contributed by atoms with van der Waals surface area (Å²) < 4.78 is 14.5. The Hall–Kier alpha value is -1.13. The molecule has 0 amide bonds. The molecule has 2 rings (SSSR count). The molecule has 2 nitrogen and oxygen atoms in total. The standard InChI is InChI=1S/C13H11BrClFN2/c1-7-3-8(2)12(10(14)4-7)18-13-11(16)5-9(15)6-17-13/h3-6H,1-2H3,(H,17,18). The van der Waals surface area contributed by atoms with Crippen molar-refractivity contribution in [3.8, 4) is 0 Å². The molecular formula is C13H11BrClFN2. The van der Waals surface area contributed by atoms with Gasteiger partial charge in [0.25, 0.3) is 0 Å². The van der Waals surface area contributed by atoms with E-state index in [4.69, 9.17) is 11.6 Å². The van der Waals surface area contributed by atoms with Gasteiger partial charge in [-0.1, -0.05) is 17.7 Å². The number of anilines is 2. The largest absolute Gasteiger partial charge is 0.337 e. The molecule has 2 aromatic rings. The lowest BCUT2D eigenvalue weighted by Gasteiger charge is -2.12. The quantitative estimate of drug-likeness (QED) is 0.839. The number of aryl methyl sites for hydroxylation is 2. The predicted octanol–water partition coefficient (Wildman–Crippen LogP) is 5.00. The van der Waals surface area contributed by atoms with Crippen LogP contribution in [0.1, 0.15) is 11.1 Å². The molecule has 0 saturated carbocycles. The third-order valence-electron chi connectivity index (χ3n) is 2.48. The third kappa shape index (κ3) is 2.82. The highest BCUT2D eigenvalue weighted by molar-refractivity contribution is 9.10. The predicted molar refractivity (Wildman–Crippen MR) is 76.1 cm³/mol. The number of pyridine rings is 1. The summed E-state index contributed by atoms with van der Waals surface area (Å²) in [5, 5.41) is 3.25. The minimum atomic E-state index is -0.477. The minimum absolute atomic E-state index is 0.159. The van der Waals surface area contributed by atoms with E-state index < -0.39 is 5.82 Å². The molecule has 0 bridgehead atoms. The first-order chi connectivity index (χ1) is 8.47. The smallest absolute Gasteiger partial charge is 0.167 e. The Kier molecular flexibility index (Phi) is 3.88. The molecule has 5 heteroatoms. The van der Waals surface area contributed by atoms with Crippen LogP contribution in [0.25, 0.3) is 0 Å². The summed E-state index contributed by atoms with van der Waals surface area (Å²) in [6.07, 6.45) is 1.41. The fraction of sp³-hybridized carbons (Fsp3) is 0.154. The van der Waals surface area contributed by atoms with Crippen molar-refractivity contribution in [2.75, 3.05) is 5.32 Å². The van der Waals surface area contributed by atoms with Crippen molar-refractivity contribution >= 4 is 39.0 Å². The molecule has 0 aliphatic carbocycles. The van der Waals surface area contributed by atoms with Crippen molar-refractivity contribution in [3.63, 3.8) is 0 Å². The number of hydrogen-bond donors (Lipinski definition) is 1. The van der Waals surface area contributed by atoms with Crippen molar-refractivity contribution in [1.82, 2.24) is 4.98 Å². The van der Waals surface area contributed by atoms with Gasteiger partial charge in [0.2, 0.25) is 0 Å². The Morgan fingerprint density at radius 2 is 2.00 bits per heavy atom. The van der Waals surface area contributed by atoms with E-state index in [1.54, 1.807) is 0 Å². The van der Waals surface area contributed by atoms with Gasteiger partial charge >= 0.3 is 0 Å². The van der Waals surface area contributed by atoms with Gasteiger partial charge in [-0.25, -0.2) is 9.37 Å². The van der Waals surface area contributed by atoms with E-state index in [0.29, 0.717) is 0 Å². The van der Waals surface area contributed by atoms with Crippen LogP contribution in [0.5, 0.6) is 0 Å². The first-order valence-corrected chi connectivity index (χ1v) is 6.49. The lowest BCUT2D eigenvalue weighted by atomic mass is 10.1. The van der Waals surface area contributed by atoms with E-state index in [2.05, 4.69) is 26.2 Å². The number of nitrogens with zero attached hydrogens (tertiary/aromatic N) is 1. The van der Waals surface area contributed by atoms with Crippen molar-refractivity contribution in [3.05, 3.63) is 50.8 Å². The summed E-state index contributed by atoms with van der Waals surface area (Å²) in [5.74, 6) is -0.318. The Labute approximate surface area is 118 Å². The molecule has 1 N–H and O–H groups in total. The first kappa shape index (κ1) is 13.3. The van der Waals surface area contributed by atoms with Crippen LogP contribution in [0.2, 0.25) is 5.02 Å². The molecule has 0 aliphatic heterocycles. The summed E-state index contributed by atoms with van der Waals surface area (Å²) in [5.41, 5.74) is 2.95. The molecule has 18 heavy (non-hydrogen) atoms. The molecule has 0 aliphatic rings. The van der Waals surface area contributed by atoms with Crippen molar-refractivity contribution in [2.24, 2.45) is 0 Å². The van der Waals surface area contributed by atoms with Crippen LogP contribution < -0.4 is 5.32 Å². The molecule has 0 unspecified atom stereocenters. The van der Waals surface area contributed by atoms with Crippen LogP contribution in [0.4, 0.5) is 15.9 Å². The van der Waals surface area contributed by atoms with Gasteiger partial charge in [-0.15, -0.1) is 0 Å². The normalized spacial score (nSPS) is 10.5.